The van der Waals surface area contributed by atoms with Crippen LogP contribution in [0.4, 0.5) is 0 Å². The van der Waals surface area contributed by atoms with Crippen LogP contribution in [0, 0.1) is 0 Å². The molecule has 0 aliphatic rings. The van der Waals surface area contributed by atoms with Gasteiger partial charge in [0.25, 0.3) is 0 Å². The Labute approximate surface area is 207 Å². The van der Waals surface area contributed by atoms with Crippen LogP contribution in [0.15, 0.2) is 36.4 Å². The molecule has 0 bridgehead atoms. The Balaban J connectivity index is 2.33. The molecule has 0 unspecified atom stereocenters. The molecular weight excluding hydrogens is 424 g/mol. The molecule has 3 heteroatoms. The van der Waals surface area contributed by atoms with Crippen molar-refractivity contribution in [3.8, 4) is 0 Å². The topological polar surface area (TPSA) is 40.5 Å². The molecule has 184 valence electrons. The standard InChI is InChI=1S/C30H46O2S/c1-27(2,3)23-11-21(13-25(15-23)29(7,8)19-31)17-33-18-22-12-24(28(4,5)6)16-26(14-22)30(9,10)20-32/h11-16,31-32H,17-20H2,1-10H3. The van der Waals surface area contributed by atoms with Crippen molar-refractivity contribution in [2.75, 3.05) is 13.2 Å². The van der Waals surface area contributed by atoms with Crippen LogP contribution in [0.2, 0.25) is 0 Å². The van der Waals surface area contributed by atoms with Gasteiger partial charge in [0.15, 0.2) is 0 Å². The second-order valence-corrected chi connectivity index (χ2v) is 13.9. The van der Waals surface area contributed by atoms with E-state index in [9.17, 15) is 10.2 Å². The molecule has 2 aromatic rings. The molecule has 2 aromatic carbocycles. The molecule has 0 fully saturated rings. The fraction of sp³-hybridized carbons (Fsp3) is 0.600. The first-order valence-electron chi connectivity index (χ1n) is 12.1. The Bertz CT molecular complexity index is 865. The summed E-state index contributed by atoms with van der Waals surface area (Å²) in [6.45, 7) is 22.2. The Morgan fingerprint density at radius 1 is 0.515 bits per heavy atom. The van der Waals surface area contributed by atoms with Gasteiger partial charge in [0.05, 0.1) is 13.2 Å². The molecule has 0 aliphatic heterocycles. The van der Waals surface area contributed by atoms with Crippen LogP contribution in [0.5, 0.6) is 0 Å². The van der Waals surface area contributed by atoms with E-state index in [-0.39, 0.29) is 34.9 Å². The van der Waals surface area contributed by atoms with Crippen molar-refractivity contribution in [1.82, 2.24) is 0 Å². The van der Waals surface area contributed by atoms with Crippen molar-refractivity contribution in [2.45, 2.75) is 102 Å². The zero-order valence-corrected chi connectivity index (χ0v) is 23.4. The lowest BCUT2D eigenvalue weighted by molar-refractivity contribution is 0.218. The van der Waals surface area contributed by atoms with Gasteiger partial charge in [-0.3, -0.25) is 0 Å². The van der Waals surface area contributed by atoms with Gasteiger partial charge in [0.2, 0.25) is 0 Å². The first kappa shape index (κ1) is 28.0. The Hall–Kier alpha value is -1.29. The van der Waals surface area contributed by atoms with E-state index < -0.39 is 0 Å². The lowest BCUT2D eigenvalue weighted by Crippen LogP contribution is -2.24. The fourth-order valence-electron chi connectivity index (χ4n) is 3.67. The predicted octanol–water partition coefficient (Wildman–Crippen LogP) is 7.25. The van der Waals surface area contributed by atoms with Gasteiger partial charge in [-0.05, 0) is 44.2 Å². The van der Waals surface area contributed by atoms with Crippen LogP contribution in [0.25, 0.3) is 0 Å². The summed E-state index contributed by atoms with van der Waals surface area (Å²) in [5.74, 6) is 1.85. The quantitative estimate of drug-likeness (QED) is 0.427. The molecule has 2 N–H and O–H groups in total. The maximum atomic E-state index is 9.94. The number of aliphatic hydroxyl groups is 2. The maximum Gasteiger partial charge on any atom is 0.0522 e. The summed E-state index contributed by atoms with van der Waals surface area (Å²) in [4.78, 5) is 0. The molecule has 0 aliphatic carbocycles. The van der Waals surface area contributed by atoms with Crippen LogP contribution in [-0.4, -0.2) is 23.4 Å². The fourth-order valence-corrected chi connectivity index (χ4v) is 4.57. The lowest BCUT2D eigenvalue weighted by atomic mass is 9.79. The third kappa shape index (κ3) is 7.34. The van der Waals surface area contributed by atoms with Crippen LogP contribution in [-0.2, 0) is 33.2 Å². The van der Waals surface area contributed by atoms with Crippen molar-refractivity contribution in [3.63, 3.8) is 0 Å². The van der Waals surface area contributed by atoms with Gasteiger partial charge in [0.1, 0.15) is 0 Å². The highest BCUT2D eigenvalue weighted by molar-refractivity contribution is 7.97. The number of aliphatic hydroxyl groups excluding tert-OH is 2. The van der Waals surface area contributed by atoms with Gasteiger partial charge in [-0.25, -0.2) is 0 Å². The highest BCUT2D eigenvalue weighted by atomic mass is 32.2. The van der Waals surface area contributed by atoms with Crippen molar-refractivity contribution in [1.29, 1.82) is 0 Å². The van der Waals surface area contributed by atoms with Gasteiger partial charge in [0, 0.05) is 22.3 Å². The second kappa shape index (κ2) is 10.1. The smallest absolute Gasteiger partial charge is 0.0522 e. The highest BCUT2D eigenvalue weighted by Gasteiger charge is 2.25. The van der Waals surface area contributed by atoms with Gasteiger partial charge >= 0.3 is 0 Å². The molecule has 2 rings (SSSR count). The normalized spacial score (nSPS) is 13.5. The highest BCUT2D eigenvalue weighted by Crippen LogP contribution is 2.34. The van der Waals surface area contributed by atoms with Gasteiger partial charge in [-0.1, -0.05) is 106 Å². The van der Waals surface area contributed by atoms with E-state index in [4.69, 9.17) is 0 Å². The maximum absolute atomic E-state index is 9.94. The first-order chi connectivity index (χ1) is 15.0. The van der Waals surface area contributed by atoms with Gasteiger partial charge in [-0.2, -0.15) is 11.8 Å². The largest absolute Gasteiger partial charge is 0.395 e. The molecule has 0 spiro atoms. The zero-order valence-electron chi connectivity index (χ0n) is 22.6. The summed E-state index contributed by atoms with van der Waals surface area (Å²) < 4.78 is 0. The van der Waals surface area contributed by atoms with Gasteiger partial charge in [-0.15, -0.1) is 0 Å². The molecule has 0 aromatic heterocycles. The Morgan fingerprint density at radius 3 is 1.09 bits per heavy atom. The molecule has 0 amide bonds. The van der Waals surface area contributed by atoms with Crippen LogP contribution >= 0.6 is 11.8 Å². The summed E-state index contributed by atoms with van der Waals surface area (Å²) in [5.41, 5.74) is 7.28. The molecule has 0 saturated heterocycles. The average Bonchev–Trinajstić information content (AvgIpc) is 2.72. The average molecular weight is 471 g/mol. The van der Waals surface area contributed by atoms with E-state index in [2.05, 4.69) is 106 Å². The second-order valence-electron chi connectivity index (χ2n) is 12.9. The minimum Gasteiger partial charge on any atom is -0.395 e. The van der Waals surface area contributed by atoms with Crippen molar-refractivity contribution in [2.24, 2.45) is 0 Å². The summed E-state index contributed by atoms with van der Waals surface area (Å²) in [6.07, 6.45) is 0. The number of hydrogen-bond acceptors (Lipinski definition) is 3. The zero-order chi connectivity index (χ0) is 25.2. The first-order valence-corrected chi connectivity index (χ1v) is 13.2. The molecule has 2 nitrogen and oxygen atoms in total. The third-order valence-electron chi connectivity index (χ3n) is 6.61. The van der Waals surface area contributed by atoms with Crippen molar-refractivity contribution < 1.29 is 10.2 Å². The minimum absolute atomic E-state index is 0.0623. The number of rotatable bonds is 8. The van der Waals surface area contributed by atoms with E-state index in [1.54, 1.807) is 0 Å². The van der Waals surface area contributed by atoms with E-state index in [1.807, 2.05) is 11.8 Å². The van der Waals surface area contributed by atoms with Crippen molar-refractivity contribution in [3.05, 3.63) is 69.8 Å². The van der Waals surface area contributed by atoms with E-state index >= 15 is 0 Å². The minimum atomic E-state index is -0.257. The van der Waals surface area contributed by atoms with E-state index in [0.29, 0.717) is 0 Å². The molecular formula is C30H46O2S. The summed E-state index contributed by atoms with van der Waals surface area (Å²) in [5, 5.41) is 19.9. The van der Waals surface area contributed by atoms with Gasteiger partial charge < -0.3 is 10.2 Å². The molecule has 0 heterocycles. The van der Waals surface area contributed by atoms with E-state index in [1.165, 1.54) is 33.4 Å². The predicted molar refractivity (Wildman–Crippen MR) is 146 cm³/mol. The molecule has 0 atom stereocenters. The van der Waals surface area contributed by atoms with Crippen molar-refractivity contribution >= 4 is 11.8 Å². The van der Waals surface area contributed by atoms with Crippen LogP contribution in [0.1, 0.15) is 103 Å². The number of benzene rings is 2. The Morgan fingerprint density at radius 2 is 0.818 bits per heavy atom. The lowest BCUT2D eigenvalue weighted by Gasteiger charge is -2.28. The third-order valence-corrected chi connectivity index (χ3v) is 7.68. The molecule has 0 radical (unpaired) electrons. The summed E-state index contributed by atoms with van der Waals surface area (Å²) >= 11 is 1.93. The molecule has 33 heavy (non-hydrogen) atoms. The number of thioether (sulfide) groups is 1. The van der Waals surface area contributed by atoms with Crippen LogP contribution in [0.3, 0.4) is 0 Å². The number of hydrogen-bond donors (Lipinski definition) is 2. The SMILES string of the molecule is CC(C)(C)c1cc(CSCc2cc(C(C)(C)C)cc(C(C)(C)CO)c2)cc(C(C)(C)CO)c1. The molecule has 0 saturated carbocycles. The monoisotopic (exact) mass is 470 g/mol. The van der Waals surface area contributed by atoms with E-state index in [0.717, 1.165) is 11.5 Å². The summed E-state index contributed by atoms with van der Waals surface area (Å²) in [7, 11) is 0. The Kier molecular flexibility index (Phi) is 8.59. The summed E-state index contributed by atoms with van der Waals surface area (Å²) in [6, 6.07) is 13.7. The van der Waals surface area contributed by atoms with Crippen LogP contribution < -0.4 is 0 Å².